The molecule has 1 aliphatic heterocycles. The summed E-state index contributed by atoms with van der Waals surface area (Å²) in [5.74, 6) is -1.63. The molecule has 0 aliphatic carbocycles. The van der Waals surface area contributed by atoms with Crippen LogP contribution in [-0.4, -0.2) is 39.7 Å². The maximum atomic E-state index is 14.1. The van der Waals surface area contributed by atoms with Crippen molar-refractivity contribution in [3.05, 3.63) is 163 Å². The number of rotatable bonds is 18. The van der Waals surface area contributed by atoms with E-state index in [0.29, 0.717) is 22.3 Å². The van der Waals surface area contributed by atoms with Crippen molar-refractivity contribution in [3.63, 3.8) is 0 Å². The monoisotopic (exact) mass is 706 g/mol. The van der Waals surface area contributed by atoms with Crippen molar-refractivity contribution in [3.8, 4) is 0 Å². The molecule has 0 aromatic heterocycles. The number of cyclic esters (lactones) is 1. The van der Waals surface area contributed by atoms with E-state index in [1.54, 1.807) is 60.7 Å². The van der Waals surface area contributed by atoms with Crippen LogP contribution in [0.5, 0.6) is 0 Å². The molecule has 0 fully saturated rings. The van der Waals surface area contributed by atoms with Gasteiger partial charge in [0.2, 0.25) is 5.76 Å². The van der Waals surface area contributed by atoms with Crippen LogP contribution < -0.4 is 0 Å². The van der Waals surface area contributed by atoms with Crippen molar-refractivity contribution >= 4 is 25.2 Å². The van der Waals surface area contributed by atoms with E-state index in [0.717, 1.165) is 0 Å². The maximum absolute atomic E-state index is 14.1. The fourth-order valence-corrected chi connectivity index (χ4v) is 5.94. The Morgan fingerprint density at radius 3 is 1.56 bits per heavy atom. The predicted molar refractivity (Wildman–Crippen MR) is 175 cm³/mol. The highest BCUT2D eigenvalue weighted by molar-refractivity contribution is 7.48. The average Bonchev–Trinajstić information content (AvgIpc) is 3.45. The normalized spacial score (nSPS) is 15.0. The van der Waals surface area contributed by atoms with Crippen LogP contribution in [0.15, 0.2) is 121 Å². The van der Waals surface area contributed by atoms with Crippen LogP contribution in [-0.2, 0) is 63.6 Å². The van der Waals surface area contributed by atoms with Crippen LogP contribution in [0.25, 0.3) is 0 Å². The molecule has 0 bridgehead atoms. The van der Waals surface area contributed by atoms with Gasteiger partial charge in [-0.05, 0) is 46.5 Å². The van der Waals surface area contributed by atoms with E-state index in [2.05, 4.69) is 0 Å². The van der Waals surface area contributed by atoms with Crippen molar-refractivity contribution in [1.82, 2.24) is 0 Å². The number of benzene rings is 4. The molecule has 0 saturated carbocycles. The predicted octanol–water partition coefficient (Wildman–Crippen LogP) is 6.29. The summed E-state index contributed by atoms with van der Waals surface area (Å²) in [4.78, 5) is 34.2. The van der Waals surface area contributed by atoms with Gasteiger partial charge in [-0.2, -0.15) is 0 Å². The van der Waals surface area contributed by atoms with Crippen LogP contribution in [0.3, 0.4) is 0 Å². The topological polar surface area (TPSA) is 196 Å². The van der Waals surface area contributed by atoms with Crippen LogP contribution in [0.2, 0.25) is 0 Å². The highest BCUT2D eigenvalue weighted by atomic mass is 31.2. The first-order chi connectivity index (χ1) is 24.1. The number of carbonyl (C=O) groups excluding carboxylic acids is 1. The highest BCUT2D eigenvalue weighted by Crippen LogP contribution is 2.53. The first kappa shape index (κ1) is 35.9. The molecule has 0 spiro atoms. The zero-order chi connectivity index (χ0) is 35.5. The molecule has 5 rings (SSSR count). The Hall–Kier alpha value is -5.44. The van der Waals surface area contributed by atoms with Crippen molar-refractivity contribution in [2.24, 2.45) is 0 Å². The molecule has 16 heteroatoms. The van der Waals surface area contributed by atoms with Crippen molar-refractivity contribution in [2.75, 3.05) is 6.61 Å². The number of nitro benzene ring substituents is 2. The number of ether oxygens (including phenoxy) is 3. The number of hydrogen-bond acceptors (Lipinski definition) is 13. The Bertz CT molecular complexity index is 1810. The van der Waals surface area contributed by atoms with E-state index in [9.17, 15) is 34.7 Å². The number of aliphatic hydroxyl groups is 1. The van der Waals surface area contributed by atoms with Gasteiger partial charge in [0.25, 0.3) is 11.4 Å². The number of aliphatic hydroxyl groups excluding tert-OH is 1. The van der Waals surface area contributed by atoms with Crippen LogP contribution in [0, 0.1) is 20.2 Å². The Morgan fingerprint density at radius 1 is 0.680 bits per heavy atom. The molecule has 0 radical (unpaired) electrons. The highest BCUT2D eigenvalue weighted by Gasteiger charge is 2.46. The number of esters is 1. The summed E-state index contributed by atoms with van der Waals surface area (Å²) < 4.78 is 48.5. The largest absolute Gasteiger partial charge is 0.485 e. The van der Waals surface area contributed by atoms with E-state index < -0.39 is 48.2 Å². The third-order valence-electron chi connectivity index (χ3n) is 7.22. The van der Waals surface area contributed by atoms with Gasteiger partial charge in [-0.25, -0.2) is 9.36 Å². The molecular formula is C34H31N2O13P. The maximum Gasteiger partial charge on any atom is 0.475 e. The first-order valence-corrected chi connectivity index (χ1v) is 16.5. The molecule has 15 nitrogen and oxygen atoms in total. The Kier molecular flexibility index (Phi) is 12.0. The van der Waals surface area contributed by atoms with Crippen molar-refractivity contribution in [1.29, 1.82) is 0 Å². The molecule has 4 aromatic rings. The lowest BCUT2D eigenvalue weighted by Gasteiger charge is -2.27. The minimum absolute atomic E-state index is 0.142. The summed E-state index contributed by atoms with van der Waals surface area (Å²) in [6.45, 7) is -1.67. The summed E-state index contributed by atoms with van der Waals surface area (Å²) in [6.07, 6.45) is -3.06. The summed E-state index contributed by atoms with van der Waals surface area (Å²) >= 11 is 0. The van der Waals surface area contributed by atoms with E-state index in [-0.39, 0.29) is 43.6 Å². The van der Waals surface area contributed by atoms with Gasteiger partial charge in [0.15, 0.2) is 11.9 Å². The molecule has 0 unspecified atom stereocenters. The summed E-state index contributed by atoms with van der Waals surface area (Å²) in [6, 6.07) is 28.5. The Labute approximate surface area is 285 Å². The molecule has 2 atom stereocenters. The van der Waals surface area contributed by atoms with Crippen molar-refractivity contribution < 1.29 is 52.1 Å². The second-order valence-electron chi connectivity index (χ2n) is 10.7. The summed E-state index contributed by atoms with van der Waals surface area (Å²) in [7, 11) is -4.50. The van der Waals surface area contributed by atoms with Gasteiger partial charge >= 0.3 is 13.8 Å². The van der Waals surface area contributed by atoms with Gasteiger partial charge in [-0.3, -0.25) is 33.8 Å². The quantitative estimate of drug-likeness (QED) is 0.0525. The lowest BCUT2D eigenvalue weighted by molar-refractivity contribution is -0.385. The summed E-state index contributed by atoms with van der Waals surface area (Å²) in [5, 5.41) is 32.6. The lowest BCUT2D eigenvalue weighted by Crippen LogP contribution is -2.35. The van der Waals surface area contributed by atoms with Gasteiger partial charge in [-0.15, -0.1) is 0 Å². The van der Waals surface area contributed by atoms with Crippen molar-refractivity contribution in [2.45, 2.75) is 38.6 Å². The number of non-ortho nitro benzene ring substituents is 2. The number of phosphoric acid groups is 1. The van der Waals surface area contributed by atoms with E-state index >= 15 is 0 Å². The van der Waals surface area contributed by atoms with Crippen LogP contribution in [0.4, 0.5) is 11.4 Å². The van der Waals surface area contributed by atoms with Gasteiger partial charge < -0.3 is 19.3 Å². The molecule has 0 saturated heterocycles. The fourth-order valence-electron chi connectivity index (χ4n) is 4.62. The number of phosphoric ester groups is 1. The molecule has 1 heterocycles. The van der Waals surface area contributed by atoms with Gasteiger partial charge in [-0.1, -0.05) is 60.7 Å². The fraction of sp³-hybridized carbons (Fsp3) is 0.206. The minimum Gasteiger partial charge on any atom is -0.485 e. The molecule has 1 aliphatic rings. The molecule has 50 heavy (non-hydrogen) atoms. The molecular weight excluding hydrogens is 675 g/mol. The molecule has 1 N–H and O–H groups in total. The molecule has 4 aromatic carbocycles. The van der Waals surface area contributed by atoms with E-state index in [1.807, 2.05) is 0 Å². The number of carbonyl (C=O) groups is 1. The number of nitro groups is 2. The molecule has 0 amide bonds. The van der Waals surface area contributed by atoms with Crippen LogP contribution >= 0.6 is 7.82 Å². The zero-order valence-electron chi connectivity index (χ0n) is 26.3. The van der Waals surface area contributed by atoms with Crippen LogP contribution in [0.1, 0.15) is 22.3 Å². The Balaban J connectivity index is 1.41. The smallest absolute Gasteiger partial charge is 0.475 e. The SMILES string of the molecule is O=C1O[C@H]([C@H](CO)OP(=O)(OCc2ccccc2)OCc2ccccc2)C(OCc2ccc([N+](=O)[O-])cc2)=C1OCc1ccc([N+](=O)[O-])cc1. The second kappa shape index (κ2) is 16.8. The molecule has 260 valence electrons. The number of nitrogens with zero attached hydrogens (tertiary/aromatic N) is 2. The summed E-state index contributed by atoms with van der Waals surface area (Å²) in [5.41, 5.74) is 1.96. The van der Waals surface area contributed by atoms with E-state index in [1.165, 1.54) is 48.5 Å². The second-order valence-corrected chi connectivity index (χ2v) is 12.4. The zero-order valence-corrected chi connectivity index (χ0v) is 27.2. The third kappa shape index (κ3) is 9.59. The van der Waals surface area contributed by atoms with E-state index in [4.69, 9.17) is 27.8 Å². The minimum atomic E-state index is -4.50. The standard InChI is InChI=1S/C34H31N2O13P/c37-19-30(49-50(43,46-22-24-7-3-1-4-8-24)47-23-25-9-5-2-6-10-25)31-32(44-20-26-11-15-28(16-12-26)35(39)40)33(34(38)48-31)45-21-27-13-17-29(18-14-27)36(41)42/h1-18,30-31,37H,19-23H2/t30-,31+/m0/s1. The number of hydrogen-bond donors (Lipinski definition) is 1. The Morgan fingerprint density at radius 2 is 1.12 bits per heavy atom. The average molecular weight is 707 g/mol. The van der Waals surface area contributed by atoms with Gasteiger partial charge in [0.1, 0.15) is 19.3 Å². The van der Waals surface area contributed by atoms with Gasteiger partial charge in [0.05, 0.1) is 29.7 Å². The first-order valence-electron chi connectivity index (χ1n) is 15.1. The van der Waals surface area contributed by atoms with Gasteiger partial charge in [0, 0.05) is 24.3 Å². The lowest BCUT2D eigenvalue weighted by atomic mass is 10.1. The third-order valence-corrected chi connectivity index (χ3v) is 8.64.